The molecule has 1 aliphatic heterocycles. The van der Waals surface area contributed by atoms with E-state index in [1.165, 1.54) is 31.9 Å². The summed E-state index contributed by atoms with van der Waals surface area (Å²) in [5.41, 5.74) is 0. The summed E-state index contributed by atoms with van der Waals surface area (Å²) in [4.78, 5) is 0. The number of hydrogen-bond acceptors (Lipinski definition) is 5. The van der Waals surface area contributed by atoms with Gasteiger partial charge in [-0.3, -0.25) is 0 Å². The summed E-state index contributed by atoms with van der Waals surface area (Å²) in [7, 11) is -3.25. The van der Waals surface area contributed by atoms with Gasteiger partial charge in [0.25, 0.3) is 0 Å². The molecule has 1 saturated carbocycles. The zero-order valence-corrected chi connectivity index (χ0v) is 14.6. The van der Waals surface area contributed by atoms with Crippen LogP contribution >= 0.6 is 0 Å². The Morgan fingerprint density at radius 1 is 1.26 bits per heavy atom. The molecule has 3 rings (SSSR count). The minimum atomic E-state index is -3.25. The summed E-state index contributed by atoms with van der Waals surface area (Å²) in [6, 6.07) is 0. The van der Waals surface area contributed by atoms with Gasteiger partial charge in [-0.2, -0.15) is 4.31 Å². The van der Waals surface area contributed by atoms with Crippen LogP contribution in [0.1, 0.15) is 43.8 Å². The molecular weight excluding hydrogens is 316 g/mol. The fourth-order valence-electron chi connectivity index (χ4n) is 3.50. The lowest BCUT2D eigenvalue weighted by atomic mass is 10.0. The first-order valence-electron chi connectivity index (χ1n) is 8.48. The molecule has 130 valence electrons. The van der Waals surface area contributed by atoms with Gasteiger partial charge in [-0.1, -0.05) is 25.7 Å². The van der Waals surface area contributed by atoms with Crippen molar-refractivity contribution in [2.75, 3.05) is 26.0 Å². The zero-order chi connectivity index (χ0) is 16.3. The number of fused-ring (bicyclic) bond motifs is 1. The Labute approximate surface area is 138 Å². The highest BCUT2D eigenvalue weighted by atomic mass is 32.2. The molecule has 0 radical (unpaired) electrons. The standard InChI is InChI=1S/C15H26N4O3S/c1-23(20,21)18(8-6-13-4-2-3-5-13)12-15-17-16-14-7-10-22-11-9-19(14)15/h13H,2-12H2,1H3. The monoisotopic (exact) mass is 342 g/mol. The quantitative estimate of drug-likeness (QED) is 0.776. The average Bonchev–Trinajstić information content (AvgIpc) is 3.07. The van der Waals surface area contributed by atoms with Crippen molar-refractivity contribution in [1.29, 1.82) is 0 Å². The highest BCUT2D eigenvalue weighted by Gasteiger charge is 2.24. The van der Waals surface area contributed by atoms with Crippen LogP contribution in [0, 0.1) is 5.92 Å². The van der Waals surface area contributed by atoms with Crippen LogP contribution in [0.15, 0.2) is 0 Å². The summed E-state index contributed by atoms with van der Waals surface area (Å²) in [5.74, 6) is 2.28. The number of rotatable bonds is 6. The molecule has 8 heteroatoms. The van der Waals surface area contributed by atoms with Gasteiger partial charge in [0, 0.05) is 19.5 Å². The van der Waals surface area contributed by atoms with Crippen LogP contribution in [0.4, 0.5) is 0 Å². The van der Waals surface area contributed by atoms with Gasteiger partial charge >= 0.3 is 0 Å². The number of hydrogen-bond donors (Lipinski definition) is 0. The van der Waals surface area contributed by atoms with Crippen molar-refractivity contribution in [2.45, 2.75) is 51.6 Å². The molecule has 0 saturated heterocycles. The van der Waals surface area contributed by atoms with Gasteiger partial charge in [0.05, 0.1) is 26.0 Å². The lowest BCUT2D eigenvalue weighted by molar-refractivity contribution is 0.139. The van der Waals surface area contributed by atoms with Crippen LogP contribution < -0.4 is 0 Å². The minimum absolute atomic E-state index is 0.304. The fourth-order valence-corrected chi connectivity index (χ4v) is 4.29. The van der Waals surface area contributed by atoms with E-state index in [4.69, 9.17) is 4.74 Å². The third-order valence-electron chi connectivity index (χ3n) is 4.88. The molecule has 2 heterocycles. The Balaban J connectivity index is 1.69. The van der Waals surface area contributed by atoms with Crippen LogP contribution in [-0.4, -0.2) is 53.5 Å². The summed E-state index contributed by atoms with van der Waals surface area (Å²) < 4.78 is 33.3. The lowest BCUT2D eigenvalue weighted by Crippen LogP contribution is -2.32. The zero-order valence-electron chi connectivity index (χ0n) is 13.8. The maximum Gasteiger partial charge on any atom is 0.211 e. The van der Waals surface area contributed by atoms with Crippen molar-refractivity contribution in [1.82, 2.24) is 19.1 Å². The van der Waals surface area contributed by atoms with E-state index in [0.717, 1.165) is 24.5 Å². The van der Waals surface area contributed by atoms with E-state index in [2.05, 4.69) is 10.2 Å². The van der Waals surface area contributed by atoms with Gasteiger partial charge in [-0.05, 0) is 12.3 Å². The van der Waals surface area contributed by atoms with Crippen molar-refractivity contribution in [3.63, 3.8) is 0 Å². The van der Waals surface area contributed by atoms with Gasteiger partial charge in [-0.25, -0.2) is 8.42 Å². The van der Waals surface area contributed by atoms with E-state index < -0.39 is 10.0 Å². The highest BCUT2D eigenvalue weighted by Crippen LogP contribution is 2.28. The normalized spacial score (nSPS) is 19.9. The molecule has 0 atom stereocenters. The molecule has 1 fully saturated rings. The number of sulfonamides is 1. The molecule has 1 aromatic rings. The Kier molecular flexibility index (Phi) is 5.33. The van der Waals surface area contributed by atoms with E-state index in [0.29, 0.717) is 38.8 Å². The van der Waals surface area contributed by atoms with E-state index in [1.807, 2.05) is 4.57 Å². The highest BCUT2D eigenvalue weighted by molar-refractivity contribution is 7.88. The van der Waals surface area contributed by atoms with Gasteiger partial charge in [-0.15, -0.1) is 10.2 Å². The first-order chi connectivity index (χ1) is 11.0. The van der Waals surface area contributed by atoms with Crippen molar-refractivity contribution in [3.05, 3.63) is 11.6 Å². The van der Waals surface area contributed by atoms with Crippen LogP contribution in [0.3, 0.4) is 0 Å². The Bertz CT molecular complexity index is 623. The second-order valence-corrected chi connectivity index (χ2v) is 8.56. The first kappa shape index (κ1) is 16.9. The molecule has 2 aliphatic rings. The molecule has 0 amide bonds. The van der Waals surface area contributed by atoms with Crippen molar-refractivity contribution in [3.8, 4) is 0 Å². The summed E-state index contributed by atoms with van der Waals surface area (Å²) in [6.45, 7) is 2.84. The summed E-state index contributed by atoms with van der Waals surface area (Å²) in [6.07, 6.45) is 7.97. The van der Waals surface area contributed by atoms with Crippen molar-refractivity contribution >= 4 is 10.0 Å². The third-order valence-corrected chi connectivity index (χ3v) is 6.13. The lowest BCUT2D eigenvalue weighted by Gasteiger charge is -2.21. The Morgan fingerprint density at radius 3 is 2.78 bits per heavy atom. The van der Waals surface area contributed by atoms with Gasteiger partial charge < -0.3 is 9.30 Å². The van der Waals surface area contributed by atoms with E-state index in [1.54, 1.807) is 4.31 Å². The van der Waals surface area contributed by atoms with Crippen LogP contribution in [0.5, 0.6) is 0 Å². The van der Waals surface area contributed by atoms with E-state index in [9.17, 15) is 8.42 Å². The maximum atomic E-state index is 12.1. The first-order valence-corrected chi connectivity index (χ1v) is 10.3. The average molecular weight is 342 g/mol. The molecule has 1 aromatic heterocycles. The van der Waals surface area contributed by atoms with Crippen molar-refractivity contribution < 1.29 is 13.2 Å². The topological polar surface area (TPSA) is 77.3 Å². The van der Waals surface area contributed by atoms with Gasteiger partial charge in [0.1, 0.15) is 11.6 Å². The van der Waals surface area contributed by atoms with Crippen LogP contribution in [0.2, 0.25) is 0 Å². The minimum Gasteiger partial charge on any atom is -0.379 e. The second-order valence-electron chi connectivity index (χ2n) is 6.58. The molecule has 23 heavy (non-hydrogen) atoms. The van der Waals surface area contributed by atoms with Crippen molar-refractivity contribution in [2.24, 2.45) is 5.92 Å². The Hall–Kier alpha value is -0.990. The maximum absolute atomic E-state index is 12.1. The number of aromatic nitrogens is 3. The summed E-state index contributed by atoms with van der Waals surface area (Å²) in [5, 5.41) is 8.42. The predicted octanol–water partition coefficient (Wildman–Crippen LogP) is 1.19. The molecule has 7 nitrogen and oxygen atoms in total. The van der Waals surface area contributed by atoms with Gasteiger partial charge in [0.15, 0.2) is 0 Å². The SMILES string of the molecule is CS(=O)(=O)N(CCC1CCCC1)Cc1nnc2n1CCOCC2. The van der Waals surface area contributed by atoms with E-state index >= 15 is 0 Å². The van der Waals surface area contributed by atoms with Crippen LogP contribution in [-0.2, 0) is 34.3 Å². The number of nitrogens with zero attached hydrogens (tertiary/aromatic N) is 4. The smallest absolute Gasteiger partial charge is 0.211 e. The molecular formula is C15H26N4O3S. The van der Waals surface area contributed by atoms with Crippen LogP contribution in [0.25, 0.3) is 0 Å². The molecule has 0 N–H and O–H groups in total. The number of ether oxygens (including phenoxy) is 1. The fraction of sp³-hybridized carbons (Fsp3) is 0.867. The predicted molar refractivity (Wildman–Crippen MR) is 86.4 cm³/mol. The molecule has 1 aliphatic carbocycles. The molecule has 0 spiro atoms. The third kappa shape index (κ3) is 4.30. The summed E-state index contributed by atoms with van der Waals surface area (Å²) >= 11 is 0. The molecule has 0 bridgehead atoms. The Morgan fingerprint density at radius 2 is 2.04 bits per heavy atom. The largest absolute Gasteiger partial charge is 0.379 e. The molecule has 0 unspecified atom stereocenters. The molecule has 0 aromatic carbocycles. The van der Waals surface area contributed by atoms with Gasteiger partial charge in [0.2, 0.25) is 10.0 Å². The van der Waals surface area contributed by atoms with E-state index in [-0.39, 0.29) is 0 Å². The second kappa shape index (κ2) is 7.27.